The summed E-state index contributed by atoms with van der Waals surface area (Å²) in [6.07, 6.45) is 1.09. The van der Waals surface area contributed by atoms with Crippen molar-refractivity contribution in [3.63, 3.8) is 0 Å². The van der Waals surface area contributed by atoms with E-state index in [9.17, 15) is 9.59 Å². The highest BCUT2D eigenvalue weighted by atomic mass is 16.5. The van der Waals surface area contributed by atoms with E-state index >= 15 is 0 Å². The summed E-state index contributed by atoms with van der Waals surface area (Å²) >= 11 is 0. The molecule has 1 amide bonds. The second-order valence-electron chi connectivity index (χ2n) is 5.62. The van der Waals surface area contributed by atoms with Gasteiger partial charge in [0.2, 0.25) is 5.91 Å². The predicted octanol–water partition coefficient (Wildman–Crippen LogP) is 2.06. The Morgan fingerprint density at radius 1 is 1.00 bits per heavy atom. The second kappa shape index (κ2) is 12.1. The van der Waals surface area contributed by atoms with E-state index in [2.05, 4.69) is 0 Å². The van der Waals surface area contributed by atoms with Crippen molar-refractivity contribution >= 4 is 11.9 Å². The molecular weight excluding hydrogens is 338 g/mol. The van der Waals surface area contributed by atoms with Crippen molar-refractivity contribution in [1.82, 2.24) is 4.90 Å². The van der Waals surface area contributed by atoms with Crippen LogP contribution in [0.4, 0.5) is 0 Å². The Morgan fingerprint density at radius 3 is 2.35 bits per heavy atom. The summed E-state index contributed by atoms with van der Waals surface area (Å²) in [6.45, 7) is 3.29. The zero-order chi connectivity index (χ0) is 19.4. The van der Waals surface area contributed by atoms with Crippen molar-refractivity contribution in [2.75, 3.05) is 47.6 Å². The van der Waals surface area contributed by atoms with Gasteiger partial charge in [-0.2, -0.15) is 0 Å². The van der Waals surface area contributed by atoms with Gasteiger partial charge in [-0.3, -0.25) is 9.59 Å². The molecule has 1 rings (SSSR count). The third kappa shape index (κ3) is 7.31. The molecule has 0 heterocycles. The minimum absolute atomic E-state index is 0.0267. The van der Waals surface area contributed by atoms with Crippen molar-refractivity contribution in [3.05, 3.63) is 23.8 Å². The van der Waals surface area contributed by atoms with Gasteiger partial charge in [0.25, 0.3) is 0 Å². The number of methoxy groups -OCH3 is 3. The molecular formula is C19H29NO6. The number of rotatable bonds is 12. The normalized spacial score (nSPS) is 10.3. The van der Waals surface area contributed by atoms with Gasteiger partial charge >= 0.3 is 5.97 Å². The summed E-state index contributed by atoms with van der Waals surface area (Å²) in [7, 11) is 4.74. The molecule has 0 unspecified atom stereocenters. The van der Waals surface area contributed by atoms with Crippen molar-refractivity contribution in [2.45, 2.75) is 26.2 Å². The first kappa shape index (κ1) is 21.8. The average molecular weight is 367 g/mol. The number of ether oxygens (including phenoxy) is 4. The van der Waals surface area contributed by atoms with Crippen LogP contribution in [0.3, 0.4) is 0 Å². The highest BCUT2D eigenvalue weighted by Crippen LogP contribution is 2.28. The molecule has 0 saturated heterocycles. The van der Waals surface area contributed by atoms with Crippen molar-refractivity contribution < 1.29 is 28.5 Å². The molecule has 146 valence electrons. The highest BCUT2D eigenvalue weighted by molar-refractivity contribution is 5.77. The number of carbonyl (C=O) groups excluding carboxylic acids is 2. The van der Waals surface area contributed by atoms with Crippen LogP contribution in [0, 0.1) is 0 Å². The van der Waals surface area contributed by atoms with Crippen molar-refractivity contribution in [1.29, 1.82) is 0 Å². The van der Waals surface area contributed by atoms with Crippen LogP contribution >= 0.6 is 0 Å². The van der Waals surface area contributed by atoms with Gasteiger partial charge < -0.3 is 23.8 Å². The van der Waals surface area contributed by atoms with Gasteiger partial charge in [-0.05, 0) is 31.0 Å². The van der Waals surface area contributed by atoms with Gasteiger partial charge in [0.15, 0.2) is 11.5 Å². The summed E-state index contributed by atoms with van der Waals surface area (Å²) in [5, 5.41) is 0. The number of hydrogen-bond donors (Lipinski definition) is 0. The third-order valence-corrected chi connectivity index (χ3v) is 3.88. The lowest BCUT2D eigenvalue weighted by Crippen LogP contribution is -2.36. The molecule has 0 aromatic heterocycles. The van der Waals surface area contributed by atoms with Crippen LogP contribution < -0.4 is 9.47 Å². The van der Waals surface area contributed by atoms with Crippen LogP contribution in [0.5, 0.6) is 11.5 Å². The number of nitrogens with zero attached hydrogens (tertiary/aromatic N) is 1. The Kier molecular flexibility index (Phi) is 10.2. The van der Waals surface area contributed by atoms with Gasteiger partial charge in [-0.15, -0.1) is 0 Å². The summed E-state index contributed by atoms with van der Waals surface area (Å²) in [4.78, 5) is 25.7. The van der Waals surface area contributed by atoms with E-state index in [0.717, 1.165) is 5.56 Å². The molecule has 0 aliphatic heterocycles. The summed E-state index contributed by atoms with van der Waals surface area (Å²) in [6, 6.07) is 5.60. The van der Waals surface area contributed by atoms with Crippen LogP contribution in [0.1, 0.15) is 25.3 Å². The second-order valence-corrected chi connectivity index (χ2v) is 5.62. The maximum atomic E-state index is 12.5. The molecule has 1 aromatic rings. The summed E-state index contributed by atoms with van der Waals surface area (Å²) < 4.78 is 20.5. The lowest BCUT2D eigenvalue weighted by Gasteiger charge is -2.22. The molecule has 0 N–H and O–H groups in total. The molecule has 0 fully saturated rings. The Labute approximate surface area is 155 Å². The zero-order valence-corrected chi connectivity index (χ0v) is 16.1. The van der Waals surface area contributed by atoms with Gasteiger partial charge in [0.1, 0.15) is 0 Å². The molecule has 0 atom stereocenters. The van der Waals surface area contributed by atoms with Gasteiger partial charge in [-0.25, -0.2) is 0 Å². The fraction of sp³-hybridized carbons (Fsp3) is 0.579. The molecule has 0 aliphatic carbocycles. The number of aryl methyl sites for hydroxylation is 1. The first-order valence-corrected chi connectivity index (χ1v) is 8.68. The van der Waals surface area contributed by atoms with Gasteiger partial charge in [-0.1, -0.05) is 6.07 Å². The van der Waals surface area contributed by atoms with Crippen molar-refractivity contribution in [3.8, 4) is 11.5 Å². The molecule has 0 bridgehead atoms. The number of carbonyl (C=O) groups is 2. The highest BCUT2D eigenvalue weighted by Gasteiger charge is 2.16. The van der Waals surface area contributed by atoms with E-state index in [1.807, 2.05) is 18.2 Å². The van der Waals surface area contributed by atoms with E-state index in [1.165, 1.54) is 0 Å². The lowest BCUT2D eigenvalue weighted by molar-refractivity contribution is -0.144. The molecule has 0 aliphatic rings. The minimum atomic E-state index is -0.303. The Bertz CT molecular complexity index is 575. The SMILES string of the molecule is CCOC(=O)CCN(CCOC)C(=O)CCc1ccc(OC)c(OC)c1. The van der Waals surface area contributed by atoms with Crippen LogP contribution in [-0.2, 0) is 25.5 Å². The summed E-state index contributed by atoms with van der Waals surface area (Å²) in [5.41, 5.74) is 0.980. The Morgan fingerprint density at radius 2 is 1.73 bits per heavy atom. The van der Waals surface area contributed by atoms with Crippen LogP contribution in [0.15, 0.2) is 18.2 Å². The van der Waals surface area contributed by atoms with Crippen LogP contribution in [0.2, 0.25) is 0 Å². The Balaban J connectivity index is 2.63. The van der Waals surface area contributed by atoms with Crippen LogP contribution in [-0.4, -0.2) is 64.4 Å². The standard InChI is InChI=1S/C19H29NO6/c1-5-26-19(22)10-11-20(12-13-23-2)18(21)9-7-15-6-8-16(24-3)17(14-15)25-4/h6,8,14H,5,7,9-13H2,1-4H3. The minimum Gasteiger partial charge on any atom is -0.493 e. The van der Waals surface area contributed by atoms with Gasteiger partial charge in [0.05, 0.1) is 33.9 Å². The molecule has 7 heteroatoms. The topological polar surface area (TPSA) is 74.3 Å². The number of benzene rings is 1. The molecule has 26 heavy (non-hydrogen) atoms. The fourth-order valence-corrected chi connectivity index (χ4v) is 2.47. The zero-order valence-electron chi connectivity index (χ0n) is 16.1. The molecule has 0 radical (unpaired) electrons. The predicted molar refractivity (Wildman–Crippen MR) is 97.6 cm³/mol. The van der Waals surface area contributed by atoms with E-state index in [0.29, 0.717) is 50.6 Å². The largest absolute Gasteiger partial charge is 0.493 e. The van der Waals surface area contributed by atoms with E-state index < -0.39 is 0 Å². The van der Waals surface area contributed by atoms with E-state index in [1.54, 1.807) is 33.2 Å². The Hall–Kier alpha value is -2.28. The van der Waals surface area contributed by atoms with E-state index in [-0.39, 0.29) is 18.3 Å². The average Bonchev–Trinajstić information content (AvgIpc) is 2.66. The molecule has 0 saturated carbocycles. The fourth-order valence-electron chi connectivity index (χ4n) is 2.47. The first-order valence-electron chi connectivity index (χ1n) is 8.68. The quantitative estimate of drug-likeness (QED) is 0.527. The van der Waals surface area contributed by atoms with E-state index in [4.69, 9.17) is 18.9 Å². The smallest absolute Gasteiger partial charge is 0.307 e. The first-order chi connectivity index (χ1) is 12.5. The lowest BCUT2D eigenvalue weighted by atomic mass is 10.1. The molecule has 1 aromatic carbocycles. The number of esters is 1. The molecule has 0 spiro atoms. The maximum absolute atomic E-state index is 12.5. The maximum Gasteiger partial charge on any atom is 0.307 e. The van der Waals surface area contributed by atoms with Gasteiger partial charge in [0, 0.05) is 26.6 Å². The number of hydrogen-bond acceptors (Lipinski definition) is 6. The number of amides is 1. The van der Waals surface area contributed by atoms with Crippen molar-refractivity contribution in [2.24, 2.45) is 0 Å². The van der Waals surface area contributed by atoms with Crippen LogP contribution in [0.25, 0.3) is 0 Å². The monoisotopic (exact) mass is 367 g/mol. The molecule has 7 nitrogen and oxygen atoms in total. The summed E-state index contributed by atoms with van der Waals surface area (Å²) in [5.74, 6) is 0.957. The third-order valence-electron chi connectivity index (χ3n) is 3.88.